The minimum Gasteiger partial charge on any atom is -0.481 e. The molecule has 0 saturated heterocycles. The van der Waals surface area contributed by atoms with Crippen molar-refractivity contribution in [3.8, 4) is 0 Å². The van der Waals surface area contributed by atoms with Gasteiger partial charge in [0.2, 0.25) is 0 Å². The fourth-order valence-electron chi connectivity index (χ4n) is 0.727. The minimum absolute atomic E-state index is 0.180. The number of thioether (sulfide) groups is 1. The van der Waals surface area contributed by atoms with Gasteiger partial charge in [0.1, 0.15) is 0 Å². The van der Waals surface area contributed by atoms with Gasteiger partial charge in [-0.1, -0.05) is 11.6 Å². The lowest BCUT2D eigenvalue weighted by Gasteiger charge is -1.98. The van der Waals surface area contributed by atoms with Crippen LogP contribution in [0.5, 0.6) is 0 Å². The first kappa shape index (κ1) is 10.4. The van der Waals surface area contributed by atoms with Gasteiger partial charge in [0.25, 0.3) is 0 Å². The second kappa shape index (κ2) is 5.14. The van der Waals surface area contributed by atoms with Crippen LogP contribution in [0.3, 0.4) is 0 Å². The van der Waals surface area contributed by atoms with Crippen molar-refractivity contribution in [1.82, 2.24) is 9.78 Å². The van der Waals surface area contributed by atoms with E-state index in [1.165, 1.54) is 11.8 Å². The molecule has 1 rings (SSSR count). The van der Waals surface area contributed by atoms with E-state index in [0.717, 1.165) is 0 Å². The molecule has 1 heterocycles. The van der Waals surface area contributed by atoms with Gasteiger partial charge in [-0.15, -0.1) is 11.8 Å². The van der Waals surface area contributed by atoms with Crippen molar-refractivity contribution in [3.05, 3.63) is 17.4 Å². The van der Waals surface area contributed by atoms with Crippen LogP contribution in [0.2, 0.25) is 5.02 Å². The predicted octanol–water partition coefficient (Wildman–Crippen LogP) is 1.70. The maximum absolute atomic E-state index is 10.2. The second-order valence-corrected chi connectivity index (χ2v) is 3.89. The van der Waals surface area contributed by atoms with E-state index in [0.29, 0.717) is 16.7 Å². The zero-order chi connectivity index (χ0) is 9.68. The molecule has 0 fully saturated rings. The van der Waals surface area contributed by atoms with E-state index < -0.39 is 5.97 Å². The summed E-state index contributed by atoms with van der Waals surface area (Å²) in [6.45, 7) is 0. The Labute approximate surface area is 84.9 Å². The average molecular weight is 221 g/mol. The average Bonchev–Trinajstić information content (AvgIpc) is 2.45. The standard InChI is InChI=1S/C7H9ClN2O2S/c8-6-3-9-10(4-6)5-13-2-1-7(11)12/h3-4H,1-2,5H2,(H,11,12). The molecule has 6 heteroatoms. The Morgan fingerprint density at radius 3 is 3.08 bits per heavy atom. The van der Waals surface area contributed by atoms with E-state index in [4.69, 9.17) is 16.7 Å². The number of aromatic nitrogens is 2. The molecule has 0 aliphatic carbocycles. The maximum Gasteiger partial charge on any atom is 0.304 e. The third-order valence-electron chi connectivity index (χ3n) is 1.29. The Morgan fingerprint density at radius 2 is 2.54 bits per heavy atom. The summed E-state index contributed by atoms with van der Waals surface area (Å²) in [4.78, 5) is 10.2. The van der Waals surface area contributed by atoms with Crippen LogP contribution in [0.1, 0.15) is 6.42 Å². The molecule has 0 aromatic carbocycles. The zero-order valence-corrected chi connectivity index (χ0v) is 8.38. The zero-order valence-electron chi connectivity index (χ0n) is 6.81. The van der Waals surface area contributed by atoms with Crippen molar-refractivity contribution in [2.24, 2.45) is 0 Å². The molecule has 4 nitrogen and oxygen atoms in total. The van der Waals surface area contributed by atoms with E-state index in [1.807, 2.05) is 0 Å². The van der Waals surface area contributed by atoms with Gasteiger partial charge in [0, 0.05) is 11.9 Å². The van der Waals surface area contributed by atoms with Crippen LogP contribution in [-0.4, -0.2) is 26.6 Å². The largest absolute Gasteiger partial charge is 0.481 e. The topological polar surface area (TPSA) is 55.1 Å². The Morgan fingerprint density at radius 1 is 1.77 bits per heavy atom. The number of nitrogens with zero attached hydrogens (tertiary/aromatic N) is 2. The first-order valence-corrected chi connectivity index (χ1v) is 5.19. The maximum atomic E-state index is 10.2. The number of carboxylic acid groups (broad SMARTS) is 1. The van der Waals surface area contributed by atoms with E-state index in [1.54, 1.807) is 17.1 Å². The molecule has 0 spiro atoms. The number of hydrogen-bond acceptors (Lipinski definition) is 3. The molecule has 0 radical (unpaired) electrons. The van der Waals surface area contributed by atoms with Gasteiger partial charge in [0.15, 0.2) is 0 Å². The molecule has 1 aromatic heterocycles. The Hall–Kier alpha value is -0.680. The minimum atomic E-state index is -0.772. The van der Waals surface area contributed by atoms with Crippen LogP contribution >= 0.6 is 23.4 Å². The van der Waals surface area contributed by atoms with Crippen LogP contribution in [0.25, 0.3) is 0 Å². The molecule has 1 aromatic rings. The molecule has 13 heavy (non-hydrogen) atoms. The lowest BCUT2D eigenvalue weighted by molar-refractivity contribution is -0.136. The highest BCUT2D eigenvalue weighted by molar-refractivity contribution is 7.98. The van der Waals surface area contributed by atoms with E-state index >= 15 is 0 Å². The number of carbonyl (C=O) groups is 1. The molecule has 0 aliphatic rings. The second-order valence-electron chi connectivity index (χ2n) is 2.38. The summed E-state index contributed by atoms with van der Waals surface area (Å²) in [5.41, 5.74) is 0. The van der Waals surface area contributed by atoms with Crippen molar-refractivity contribution in [2.45, 2.75) is 12.3 Å². The summed E-state index contributed by atoms with van der Waals surface area (Å²) < 4.78 is 1.68. The van der Waals surface area contributed by atoms with Gasteiger partial charge in [0.05, 0.1) is 23.5 Å². The summed E-state index contributed by atoms with van der Waals surface area (Å²) in [6.07, 6.45) is 3.44. The monoisotopic (exact) mass is 220 g/mol. The van der Waals surface area contributed by atoms with Gasteiger partial charge in [-0.05, 0) is 0 Å². The molecule has 1 N–H and O–H groups in total. The molecular weight excluding hydrogens is 212 g/mol. The quantitative estimate of drug-likeness (QED) is 0.768. The highest BCUT2D eigenvalue weighted by Crippen LogP contribution is 2.10. The number of aliphatic carboxylic acids is 1. The number of rotatable bonds is 5. The lowest BCUT2D eigenvalue weighted by atomic mass is 10.5. The SMILES string of the molecule is O=C(O)CCSCn1cc(Cl)cn1. The summed E-state index contributed by atoms with van der Waals surface area (Å²) in [5, 5.41) is 12.9. The van der Waals surface area contributed by atoms with Crippen LogP contribution in [0, 0.1) is 0 Å². The summed E-state index contributed by atoms with van der Waals surface area (Å²) in [6, 6.07) is 0. The molecular formula is C7H9ClN2O2S. The molecule has 0 amide bonds. The van der Waals surface area contributed by atoms with E-state index in [9.17, 15) is 4.79 Å². The van der Waals surface area contributed by atoms with Gasteiger partial charge >= 0.3 is 5.97 Å². The van der Waals surface area contributed by atoms with Gasteiger partial charge < -0.3 is 5.11 Å². The molecule has 72 valence electrons. The normalized spacial score (nSPS) is 10.2. The van der Waals surface area contributed by atoms with E-state index in [-0.39, 0.29) is 6.42 Å². The van der Waals surface area contributed by atoms with E-state index in [2.05, 4.69) is 5.10 Å². The van der Waals surface area contributed by atoms with Crippen molar-refractivity contribution < 1.29 is 9.90 Å². The van der Waals surface area contributed by atoms with Crippen molar-refractivity contribution in [1.29, 1.82) is 0 Å². The Bertz CT molecular complexity index is 290. The molecule has 0 aliphatic heterocycles. The van der Waals surface area contributed by atoms with Crippen LogP contribution in [-0.2, 0) is 10.7 Å². The van der Waals surface area contributed by atoms with Gasteiger partial charge in [-0.25, -0.2) is 0 Å². The number of carboxylic acids is 1. The van der Waals surface area contributed by atoms with Crippen LogP contribution < -0.4 is 0 Å². The Kier molecular flexibility index (Phi) is 4.11. The van der Waals surface area contributed by atoms with Gasteiger partial charge in [-0.3, -0.25) is 9.48 Å². The molecule has 0 unspecified atom stereocenters. The summed E-state index contributed by atoms with van der Waals surface area (Å²) in [7, 11) is 0. The first-order valence-electron chi connectivity index (χ1n) is 3.66. The van der Waals surface area contributed by atoms with Crippen LogP contribution in [0.4, 0.5) is 0 Å². The number of hydrogen-bond donors (Lipinski definition) is 1. The lowest BCUT2D eigenvalue weighted by Crippen LogP contribution is -1.99. The van der Waals surface area contributed by atoms with Crippen molar-refractivity contribution in [3.63, 3.8) is 0 Å². The third kappa shape index (κ3) is 4.19. The van der Waals surface area contributed by atoms with Crippen molar-refractivity contribution >= 4 is 29.3 Å². The van der Waals surface area contributed by atoms with Gasteiger partial charge in [-0.2, -0.15) is 5.10 Å². The highest BCUT2D eigenvalue weighted by atomic mass is 35.5. The predicted molar refractivity (Wildman–Crippen MR) is 51.9 cm³/mol. The summed E-state index contributed by atoms with van der Waals surface area (Å²) >= 11 is 7.15. The van der Waals surface area contributed by atoms with Crippen molar-refractivity contribution in [2.75, 3.05) is 5.75 Å². The molecule has 0 saturated carbocycles. The highest BCUT2D eigenvalue weighted by Gasteiger charge is 1.98. The third-order valence-corrected chi connectivity index (χ3v) is 2.42. The fourth-order valence-corrected chi connectivity index (χ4v) is 1.66. The number of halogens is 1. The smallest absolute Gasteiger partial charge is 0.304 e. The van der Waals surface area contributed by atoms with Crippen LogP contribution in [0.15, 0.2) is 12.4 Å². The first-order chi connectivity index (χ1) is 6.18. The fraction of sp³-hybridized carbons (Fsp3) is 0.429. The molecule has 0 atom stereocenters. The molecule has 0 bridgehead atoms. The summed E-state index contributed by atoms with van der Waals surface area (Å²) in [5.74, 6) is 0.457. The Balaban J connectivity index is 2.16.